The monoisotopic (exact) mass is 407 g/mol. The maximum atomic E-state index is 12.7. The number of aromatic nitrogens is 4. The van der Waals surface area contributed by atoms with Crippen LogP contribution in [0, 0.1) is 0 Å². The van der Waals surface area contributed by atoms with E-state index in [0.717, 1.165) is 22.5 Å². The fourth-order valence-corrected chi connectivity index (χ4v) is 3.80. The first-order valence-corrected chi connectivity index (χ1v) is 9.87. The van der Waals surface area contributed by atoms with Crippen LogP contribution < -0.4 is 9.64 Å². The molecule has 0 radical (unpaired) electrons. The summed E-state index contributed by atoms with van der Waals surface area (Å²) in [7, 11) is 3.37. The molecule has 1 aliphatic rings. The number of hydrogen-bond acceptors (Lipinski definition) is 6. The second-order valence-electron chi connectivity index (χ2n) is 7.87. The van der Waals surface area contributed by atoms with Crippen molar-refractivity contribution in [1.82, 2.24) is 19.7 Å². The molecule has 0 fully saturated rings. The molecule has 8 nitrogen and oxygen atoms in total. The van der Waals surface area contributed by atoms with Crippen molar-refractivity contribution < 1.29 is 14.6 Å². The van der Waals surface area contributed by atoms with E-state index >= 15 is 0 Å². The number of ether oxygens (including phenoxy) is 1. The van der Waals surface area contributed by atoms with Crippen molar-refractivity contribution >= 4 is 11.6 Å². The maximum absolute atomic E-state index is 12.7. The van der Waals surface area contributed by atoms with Gasteiger partial charge in [-0.25, -0.2) is 14.6 Å². The van der Waals surface area contributed by atoms with Gasteiger partial charge in [0.05, 0.1) is 24.4 Å². The van der Waals surface area contributed by atoms with Crippen molar-refractivity contribution in [2.24, 2.45) is 0 Å². The highest BCUT2D eigenvalue weighted by Gasteiger charge is 2.42. The number of likely N-dealkylation sites (N-methyl/N-ethyl adjacent to an activating group) is 1. The van der Waals surface area contributed by atoms with E-state index in [1.54, 1.807) is 36.0 Å². The molecule has 0 saturated carbocycles. The minimum Gasteiger partial charge on any atom is -0.481 e. The number of fused-ring (bicyclic) bond motifs is 1. The summed E-state index contributed by atoms with van der Waals surface area (Å²) < 4.78 is 6.90. The number of nitrogens with zero attached hydrogens (tertiary/aromatic N) is 5. The topological polar surface area (TPSA) is 93.4 Å². The van der Waals surface area contributed by atoms with Gasteiger partial charge in [0.1, 0.15) is 0 Å². The SMILES string of the molecule is COc1ccc(-n2nc(CCCO)nc2-c2ccc3c(c2)C(C)(C)C(=O)N3C)cn1. The number of carbonyl (C=O) groups excluding carboxylic acids is 1. The van der Waals surface area contributed by atoms with Gasteiger partial charge in [0.25, 0.3) is 0 Å². The third kappa shape index (κ3) is 3.23. The Morgan fingerprint density at radius 3 is 2.67 bits per heavy atom. The van der Waals surface area contributed by atoms with Crippen molar-refractivity contribution in [1.29, 1.82) is 0 Å². The van der Waals surface area contributed by atoms with Crippen molar-refractivity contribution in [3.63, 3.8) is 0 Å². The number of methoxy groups -OCH3 is 1. The predicted molar refractivity (Wildman–Crippen MR) is 113 cm³/mol. The highest BCUT2D eigenvalue weighted by atomic mass is 16.5. The lowest BCUT2D eigenvalue weighted by Gasteiger charge is -2.16. The van der Waals surface area contributed by atoms with Gasteiger partial charge >= 0.3 is 0 Å². The van der Waals surface area contributed by atoms with Gasteiger partial charge in [-0.15, -0.1) is 0 Å². The average Bonchev–Trinajstić information content (AvgIpc) is 3.26. The Bertz CT molecular complexity index is 1090. The molecule has 0 bridgehead atoms. The standard InChI is InChI=1S/C22H25N5O3/c1-22(2)16-12-14(7-9-17(16)26(3)21(22)29)20-24-18(6-5-11-28)25-27(20)15-8-10-19(30-4)23-13-15/h7-10,12-13,28H,5-6,11H2,1-4H3. The minimum absolute atomic E-state index is 0.0686. The van der Waals surface area contributed by atoms with Crippen molar-refractivity contribution in [2.45, 2.75) is 32.1 Å². The van der Waals surface area contributed by atoms with Gasteiger partial charge in [0.15, 0.2) is 11.6 Å². The van der Waals surface area contributed by atoms with Crippen LogP contribution in [0.2, 0.25) is 0 Å². The van der Waals surface area contributed by atoms with Crippen molar-refractivity contribution in [3.8, 4) is 23.0 Å². The van der Waals surface area contributed by atoms with E-state index in [1.165, 1.54) is 0 Å². The van der Waals surface area contributed by atoms with Gasteiger partial charge in [0.2, 0.25) is 11.8 Å². The molecule has 2 aromatic heterocycles. The zero-order chi connectivity index (χ0) is 21.5. The van der Waals surface area contributed by atoms with Crippen LogP contribution in [0.1, 0.15) is 31.7 Å². The van der Waals surface area contributed by atoms with E-state index in [-0.39, 0.29) is 12.5 Å². The lowest BCUT2D eigenvalue weighted by atomic mass is 9.85. The molecule has 156 valence electrons. The number of rotatable bonds is 6. The summed E-state index contributed by atoms with van der Waals surface area (Å²) in [5.41, 5.74) is 2.88. The van der Waals surface area contributed by atoms with E-state index in [0.29, 0.717) is 30.4 Å². The molecular weight excluding hydrogens is 382 g/mol. The van der Waals surface area contributed by atoms with Gasteiger partial charge in [0, 0.05) is 37.4 Å². The highest BCUT2D eigenvalue weighted by Crippen LogP contribution is 2.42. The number of aliphatic hydroxyl groups excluding tert-OH is 1. The Morgan fingerprint density at radius 1 is 1.20 bits per heavy atom. The average molecular weight is 407 g/mol. The number of amides is 1. The summed E-state index contributed by atoms with van der Waals surface area (Å²) >= 11 is 0. The van der Waals surface area contributed by atoms with Crippen LogP contribution in [0.15, 0.2) is 36.5 Å². The van der Waals surface area contributed by atoms with Crippen LogP contribution in [0.25, 0.3) is 17.1 Å². The normalized spacial score (nSPS) is 14.8. The number of hydrogen-bond donors (Lipinski definition) is 1. The number of carbonyl (C=O) groups is 1. The first-order valence-electron chi connectivity index (χ1n) is 9.87. The molecule has 1 N–H and O–H groups in total. The lowest BCUT2D eigenvalue weighted by Crippen LogP contribution is -2.33. The summed E-state index contributed by atoms with van der Waals surface area (Å²) in [6, 6.07) is 9.57. The Hall–Kier alpha value is -3.26. The highest BCUT2D eigenvalue weighted by molar-refractivity contribution is 6.07. The molecule has 3 heterocycles. The lowest BCUT2D eigenvalue weighted by molar-refractivity contribution is -0.121. The maximum Gasteiger partial charge on any atom is 0.236 e. The summed E-state index contributed by atoms with van der Waals surface area (Å²) in [6.07, 6.45) is 2.83. The molecule has 0 saturated heterocycles. The molecule has 0 aliphatic carbocycles. The largest absolute Gasteiger partial charge is 0.481 e. The Balaban J connectivity index is 1.83. The summed E-state index contributed by atoms with van der Waals surface area (Å²) in [5.74, 6) is 1.89. The van der Waals surface area contributed by atoms with Gasteiger partial charge in [-0.05, 0) is 50.1 Å². The fourth-order valence-electron chi connectivity index (χ4n) is 3.80. The number of anilines is 1. The quantitative estimate of drug-likeness (QED) is 0.675. The predicted octanol–water partition coefficient (Wildman–Crippen LogP) is 2.52. The Morgan fingerprint density at radius 2 is 2.00 bits per heavy atom. The second kappa shape index (κ2) is 7.53. The van der Waals surface area contributed by atoms with E-state index in [9.17, 15) is 9.90 Å². The first-order chi connectivity index (χ1) is 14.4. The van der Waals surface area contributed by atoms with Gasteiger partial charge in [-0.3, -0.25) is 4.79 Å². The first kappa shape index (κ1) is 20.0. The van der Waals surface area contributed by atoms with Crippen LogP contribution in [0.4, 0.5) is 5.69 Å². The Kier molecular flexibility index (Phi) is 5.03. The molecule has 8 heteroatoms. The zero-order valence-electron chi connectivity index (χ0n) is 17.6. The third-order valence-corrected chi connectivity index (χ3v) is 5.51. The van der Waals surface area contributed by atoms with Gasteiger partial charge in [-0.2, -0.15) is 5.10 Å². The van der Waals surface area contributed by atoms with Crippen LogP contribution >= 0.6 is 0 Å². The molecule has 1 amide bonds. The van der Waals surface area contributed by atoms with Gasteiger partial charge in [-0.1, -0.05) is 0 Å². The van der Waals surface area contributed by atoms with Crippen LogP contribution in [-0.2, 0) is 16.6 Å². The number of benzene rings is 1. The number of aliphatic hydroxyl groups is 1. The van der Waals surface area contributed by atoms with E-state index in [1.807, 2.05) is 38.1 Å². The smallest absolute Gasteiger partial charge is 0.236 e. The summed E-state index contributed by atoms with van der Waals surface area (Å²) in [5, 5.41) is 13.8. The van der Waals surface area contributed by atoms with E-state index in [4.69, 9.17) is 9.72 Å². The molecular formula is C22H25N5O3. The molecule has 0 spiro atoms. The molecule has 1 aromatic carbocycles. The van der Waals surface area contributed by atoms with Gasteiger partial charge < -0.3 is 14.7 Å². The van der Waals surface area contributed by atoms with E-state index in [2.05, 4.69) is 10.1 Å². The number of aryl methyl sites for hydroxylation is 1. The van der Waals surface area contributed by atoms with Crippen molar-refractivity contribution in [2.75, 3.05) is 25.7 Å². The van der Waals surface area contributed by atoms with E-state index < -0.39 is 5.41 Å². The van der Waals surface area contributed by atoms with Crippen molar-refractivity contribution in [3.05, 3.63) is 47.9 Å². The summed E-state index contributed by atoms with van der Waals surface area (Å²) in [4.78, 5) is 23.4. The van der Waals surface area contributed by atoms with Crippen LogP contribution in [0.3, 0.4) is 0 Å². The summed E-state index contributed by atoms with van der Waals surface area (Å²) in [6.45, 7) is 3.95. The molecule has 4 rings (SSSR count). The molecule has 30 heavy (non-hydrogen) atoms. The molecule has 0 atom stereocenters. The number of pyridine rings is 1. The zero-order valence-corrected chi connectivity index (χ0v) is 17.6. The van der Waals surface area contributed by atoms with Crippen LogP contribution in [0.5, 0.6) is 5.88 Å². The molecule has 1 aliphatic heterocycles. The molecule has 3 aromatic rings. The second-order valence-corrected chi connectivity index (χ2v) is 7.87. The minimum atomic E-state index is -0.605. The fraction of sp³-hybridized carbons (Fsp3) is 0.364. The Labute approximate surface area is 175 Å². The third-order valence-electron chi connectivity index (χ3n) is 5.51. The van der Waals surface area contributed by atoms with Crippen LogP contribution in [-0.4, -0.2) is 51.5 Å². The molecule has 0 unspecified atom stereocenters.